The van der Waals surface area contributed by atoms with Crippen LogP contribution in [0.1, 0.15) is 19.3 Å². The molecule has 1 aromatic carbocycles. The number of hydrogen-bond acceptors (Lipinski definition) is 2. The summed E-state index contributed by atoms with van der Waals surface area (Å²) < 4.78 is 0. The molecule has 0 aliphatic carbocycles. The number of nitrogens with one attached hydrogen (secondary N) is 1. The molecule has 0 atom stereocenters. The van der Waals surface area contributed by atoms with E-state index >= 15 is 0 Å². The highest BCUT2D eigenvalue weighted by molar-refractivity contribution is 5.40. The number of unbranched alkanes of at least 4 members (excludes halogenated alkanes) is 2. The lowest BCUT2D eigenvalue weighted by Gasteiger charge is -2.04. The molecule has 1 rings (SSSR count). The third kappa shape index (κ3) is 4.53. The Labute approximate surface area is 80.1 Å². The van der Waals surface area contributed by atoms with Crippen molar-refractivity contribution in [2.24, 2.45) is 5.73 Å². The number of nitrogens with two attached hydrogens (primary N) is 1. The number of rotatable bonds is 6. The van der Waals surface area contributed by atoms with E-state index in [-0.39, 0.29) is 0 Å². The molecule has 0 unspecified atom stereocenters. The van der Waals surface area contributed by atoms with Gasteiger partial charge in [0, 0.05) is 18.3 Å². The number of anilines is 1. The van der Waals surface area contributed by atoms with E-state index in [1.165, 1.54) is 12.8 Å². The minimum absolute atomic E-state index is 0.803. The van der Waals surface area contributed by atoms with E-state index < -0.39 is 0 Å². The van der Waals surface area contributed by atoms with Crippen molar-refractivity contribution >= 4 is 5.69 Å². The summed E-state index contributed by atoms with van der Waals surface area (Å²) in [6.45, 7) is 1.82. The molecular formula is C11H17N2. The molecule has 0 spiro atoms. The van der Waals surface area contributed by atoms with Crippen molar-refractivity contribution in [3.8, 4) is 0 Å². The minimum atomic E-state index is 0.803. The number of hydrogen-bond donors (Lipinski definition) is 2. The van der Waals surface area contributed by atoms with E-state index in [2.05, 4.69) is 11.4 Å². The Kier molecular flexibility index (Phi) is 5.02. The first-order valence-electron chi connectivity index (χ1n) is 4.84. The second-order valence-electron chi connectivity index (χ2n) is 3.05. The topological polar surface area (TPSA) is 38.0 Å². The van der Waals surface area contributed by atoms with Gasteiger partial charge in [-0.2, -0.15) is 0 Å². The fraction of sp³-hybridized carbons (Fsp3) is 0.455. The first-order chi connectivity index (χ1) is 6.43. The first-order valence-corrected chi connectivity index (χ1v) is 4.84. The van der Waals surface area contributed by atoms with Gasteiger partial charge in [0.2, 0.25) is 0 Å². The molecule has 0 heterocycles. The SMILES string of the molecule is NCCCCCNc1[c]cccc1. The molecule has 0 aliphatic rings. The molecule has 0 aliphatic heterocycles. The smallest absolute Gasteiger partial charge is 0.0420 e. The van der Waals surface area contributed by atoms with Gasteiger partial charge in [-0.15, -0.1) is 0 Å². The van der Waals surface area contributed by atoms with Crippen LogP contribution in [0, 0.1) is 6.07 Å². The Morgan fingerprint density at radius 3 is 2.85 bits per heavy atom. The predicted octanol–water partition coefficient (Wildman–Crippen LogP) is 2.03. The van der Waals surface area contributed by atoms with Gasteiger partial charge in [-0.05, 0) is 25.5 Å². The average Bonchev–Trinajstić information content (AvgIpc) is 2.19. The van der Waals surface area contributed by atoms with Crippen LogP contribution in [0.4, 0.5) is 5.69 Å². The van der Waals surface area contributed by atoms with Crippen LogP contribution in [0.15, 0.2) is 24.3 Å². The third-order valence-electron chi connectivity index (χ3n) is 1.91. The maximum atomic E-state index is 5.40. The van der Waals surface area contributed by atoms with Crippen molar-refractivity contribution in [3.05, 3.63) is 30.3 Å². The predicted molar refractivity (Wildman–Crippen MR) is 56.7 cm³/mol. The molecule has 2 nitrogen and oxygen atoms in total. The molecule has 0 fully saturated rings. The molecule has 13 heavy (non-hydrogen) atoms. The third-order valence-corrected chi connectivity index (χ3v) is 1.91. The highest BCUT2D eigenvalue weighted by Gasteiger charge is 1.89. The van der Waals surface area contributed by atoms with Gasteiger partial charge in [0.15, 0.2) is 0 Å². The summed E-state index contributed by atoms with van der Waals surface area (Å²) in [7, 11) is 0. The van der Waals surface area contributed by atoms with Gasteiger partial charge < -0.3 is 11.1 Å². The second-order valence-corrected chi connectivity index (χ2v) is 3.05. The number of benzene rings is 1. The summed E-state index contributed by atoms with van der Waals surface area (Å²) in [6.07, 6.45) is 3.51. The summed E-state index contributed by atoms with van der Waals surface area (Å²) in [5.41, 5.74) is 6.47. The average molecular weight is 177 g/mol. The standard InChI is InChI=1S/C11H17N2/c12-9-5-2-6-10-13-11-7-3-1-4-8-11/h1,3-4,7,13H,2,5-6,9-10,12H2. The van der Waals surface area contributed by atoms with Crippen molar-refractivity contribution in [1.29, 1.82) is 0 Å². The second kappa shape index (κ2) is 6.49. The van der Waals surface area contributed by atoms with Gasteiger partial charge in [-0.1, -0.05) is 24.6 Å². The zero-order valence-electron chi connectivity index (χ0n) is 7.92. The van der Waals surface area contributed by atoms with Crippen molar-refractivity contribution in [2.45, 2.75) is 19.3 Å². The van der Waals surface area contributed by atoms with Gasteiger partial charge in [-0.25, -0.2) is 0 Å². The Bertz CT molecular complexity index is 209. The van der Waals surface area contributed by atoms with Gasteiger partial charge in [0.05, 0.1) is 0 Å². The maximum absolute atomic E-state index is 5.40. The Morgan fingerprint density at radius 2 is 2.15 bits per heavy atom. The molecule has 2 heteroatoms. The monoisotopic (exact) mass is 177 g/mol. The summed E-state index contributed by atoms with van der Waals surface area (Å²) >= 11 is 0. The van der Waals surface area contributed by atoms with Crippen LogP contribution in [-0.2, 0) is 0 Å². The summed E-state index contributed by atoms with van der Waals surface area (Å²) in [5.74, 6) is 0. The zero-order chi connectivity index (χ0) is 9.36. The molecule has 3 N–H and O–H groups in total. The highest BCUT2D eigenvalue weighted by Crippen LogP contribution is 2.04. The van der Waals surface area contributed by atoms with Crippen molar-refractivity contribution in [2.75, 3.05) is 18.4 Å². The van der Waals surface area contributed by atoms with Gasteiger partial charge in [-0.3, -0.25) is 0 Å². The highest BCUT2D eigenvalue weighted by atomic mass is 14.9. The van der Waals surface area contributed by atoms with Gasteiger partial charge in [0.1, 0.15) is 0 Å². The summed E-state index contributed by atoms with van der Waals surface area (Å²) in [6, 6.07) is 11.1. The lowest BCUT2D eigenvalue weighted by molar-refractivity contribution is 0.707. The lowest BCUT2D eigenvalue weighted by Crippen LogP contribution is -2.03. The van der Waals surface area contributed by atoms with Gasteiger partial charge in [0.25, 0.3) is 0 Å². The molecule has 0 amide bonds. The van der Waals surface area contributed by atoms with E-state index in [9.17, 15) is 0 Å². The molecule has 1 radical (unpaired) electrons. The van der Waals surface area contributed by atoms with Crippen LogP contribution in [-0.4, -0.2) is 13.1 Å². The molecule has 0 saturated heterocycles. The number of para-hydroxylation sites is 1. The zero-order valence-corrected chi connectivity index (χ0v) is 7.92. The van der Waals surface area contributed by atoms with Crippen LogP contribution < -0.4 is 11.1 Å². The van der Waals surface area contributed by atoms with E-state index in [0.29, 0.717) is 0 Å². The van der Waals surface area contributed by atoms with Crippen molar-refractivity contribution < 1.29 is 0 Å². The molecule has 0 saturated carbocycles. The fourth-order valence-corrected chi connectivity index (χ4v) is 1.17. The first kappa shape index (κ1) is 10.1. The fourth-order valence-electron chi connectivity index (χ4n) is 1.17. The summed E-state index contributed by atoms with van der Waals surface area (Å²) in [5, 5.41) is 3.31. The van der Waals surface area contributed by atoms with Crippen LogP contribution in [0.3, 0.4) is 0 Å². The molecule has 0 bridgehead atoms. The van der Waals surface area contributed by atoms with Crippen LogP contribution in [0.2, 0.25) is 0 Å². The largest absolute Gasteiger partial charge is 0.385 e. The Balaban J connectivity index is 2.07. The molecule has 0 aromatic heterocycles. The van der Waals surface area contributed by atoms with Crippen LogP contribution in [0.25, 0.3) is 0 Å². The van der Waals surface area contributed by atoms with Crippen molar-refractivity contribution in [1.82, 2.24) is 0 Å². The van der Waals surface area contributed by atoms with E-state index in [0.717, 1.165) is 25.2 Å². The minimum Gasteiger partial charge on any atom is -0.385 e. The molecule has 71 valence electrons. The quantitative estimate of drug-likeness (QED) is 0.652. The lowest BCUT2D eigenvalue weighted by atomic mass is 10.2. The van der Waals surface area contributed by atoms with Crippen molar-refractivity contribution in [3.63, 3.8) is 0 Å². The Morgan fingerprint density at radius 1 is 1.23 bits per heavy atom. The van der Waals surface area contributed by atoms with E-state index in [1.807, 2.05) is 24.3 Å². The Hall–Kier alpha value is -1.02. The summed E-state index contributed by atoms with van der Waals surface area (Å²) in [4.78, 5) is 0. The van der Waals surface area contributed by atoms with Crippen LogP contribution in [0.5, 0.6) is 0 Å². The normalized spacial score (nSPS) is 9.92. The van der Waals surface area contributed by atoms with E-state index in [1.54, 1.807) is 0 Å². The maximum Gasteiger partial charge on any atom is 0.0420 e. The molecular weight excluding hydrogens is 160 g/mol. The molecule has 1 aromatic rings. The van der Waals surface area contributed by atoms with Gasteiger partial charge >= 0.3 is 0 Å². The van der Waals surface area contributed by atoms with E-state index in [4.69, 9.17) is 5.73 Å². The van der Waals surface area contributed by atoms with Crippen LogP contribution >= 0.6 is 0 Å².